The highest BCUT2D eigenvalue weighted by Gasteiger charge is 2.21. The van der Waals surface area contributed by atoms with Crippen molar-refractivity contribution in [2.45, 2.75) is 46.1 Å². The summed E-state index contributed by atoms with van der Waals surface area (Å²) in [4.78, 5) is 0. The Bertz CT molecular complexity index is 368. The summed E-state index contributed by atoms with van der Waals surface area (Å²) in [5, 5.41) is 3.48. The highest BCUT2D eigenvalue weighted by Crippen LogP contribution is 2.29. The Morgan fingerprint density at radius 1 is 1.28 bits per heavy atom. The molecule has 18 heavy (non-hydrogen) atoms. The van der Waals surface area contributed by atoms with Crippen LogP contribution in [-0.4, -0.2) is 6.54 Å². The highest BCUT2D eigenvalue weighted by molar-refractivity contribution is 9.10. The lowest BCUT2D eigenvalue weighted by molar-refractivity contribution is 0.353. The molecular formula is C15H23BrFN. The summed E-state index contributed by atoms with van der Waals surface area (Å²) in [6.45, 7) is 7.42. The van der Waals surface area contributed by atoms with E-state index in [-0.39, 0.29) is 11.9 Å². The molecule has 3 heteroatoms. The summed E-state index contributed by atoms with van der Waals surface area (Å²) in [5.41, 5.74) is 0.785. The van der Waals surface area contributed by atoms with Gasteiger partial charge in [-0.1, -0.05) is 49.2 Å². The third-order valence-electron chi connectivity index (χ3n) is 3.22. The normalized spacial score (nSPS) is 14.5. The molecule has 0 aliphatic rings. The molecule has 0 fully saturated rings. The van der Waals surface area contributed by atoms with Gasteiger partial charge in [0.15, 0.2) is 0 Å². The number of nitrogens with one attached hydrogen (secondary N) is 1. The van der Waals surface area contributed by atoms with E-state index in [0.717, 1.165) is 35.8 Å². The molecule has 0 aromatic heterocycles. The molecule has 1 nitrogen and oxygen atoms in total. The van der Waals surface area contributed by atoms with Crippen LogP contribution in [0.3, 0.4) is 0 Å². The predicted octanol–water partition coefficient (Wildman–Crippen LogP) is 5.07. The summed E-state index contributed by atoms with van der Waals surface area (Å²) in [6.07, 6.45) is 3.30. The number of benzene rings is 1. The average molecular weight is 316 g/mol. The Morgan fingerprint density at radius 2 is 2.00 bits per heavy atom. The molecule has 0 spiro atoms. The first kappa shape index (κ1) is 15.6. The zero-order chi connectivity index (χ0) is 13.5. The molecule has 1 aromatic carbocycles. The molecule has 0 aliphatic heterocycles. The van der Waals surface area contributed by atoms with Gasteiger partial charge in [0, 0.05) is 16.1 Å². The van der Waals surface area contributed by atoms with E-state index in [9.17, 15) is 4.39 Å². The SMILES string of the molecule is CCCNC(c1ccc(Br)cc1F)C(C)CCC. The molecule has 1 aromatic rings. The summed E-state index contributed by atoms with van der Waals surface area (Å²) in [7, 11) is 0. The molecule has 0 radical (unpaired) electrons. The zero-order valence-corrected chi connectivity index (χ0v) is 13.1. The van der Waals surface area contributed by atoms with E-state index >= 15 is 0 Å². The molecule has 0 aliphatic carbocycles. The monoisotopic (exact) mass is 315 g/mol. The van der Waals surface area contributed by atoms with Gasteiger partial charge < -0.3 is 5.32 Å². The van der Waals surface area contributed by atoms with Gasteiger partial charge >= 0.3 is 0 Å². The molecular weight excluding hydrogens is 293 g/mol. The zero-order valence-electron chi connectivity index (χ0n) is 11.5. The maximum absolute atomic E-state index is 14.1. The van der Waals surface area contributed by atoms with E-state index in [1.807, 2.05) is 12.1 Å². The molecule has 0 heterocycles. The minimum absolute atomic E-state index is 0.109. The second-order valence-electron chi connectivity index (χ2n) is 4.86. The quantitative estimate of drug-likeness (QED) is 0.741. The molecule has 2 unspecified atom stereocenters. The van der Waals surface area contributed by atoms with Crippen molar-refractivity contribution >= 4 is 15.9 Å². The van der Waals surface area contributed by atoms with Crippen molar-refractivity contribution in [1.82, 2.24) is 5.32 Å². The van der Waals surface area contributed by atoms with Crippen LogP contribution in [0.15, 0.2) is 22.7 Å². The standard InChI is InChI=1S/C15H23BrFN/c1-4-6-11(3)15(18-9-5-2)13-8-7-12(16)10-14(13)17/h7-8,10-11,15,18H,4-6,9H2,1-3H3. The van der Waals surface area contributed by atoms with E-state index in [4.69, 9.17) is 0 Å². The van der Waals surface area contributed by atoms with Gasteiger partial charge in [0.2, 0.25) is 0 Å². The van der Waals surface area contributed by atoms with Gasteiger partial charge in [-0.25, -0.2) is 4.39 Å². The number of hydrogen-bond acceptors (Lipinski definition) is 1. The molecule has 0 amide bonds. The van der Waals surface area contributed by atoms with Crippen LogP contribution in [0.4, 0.5) is 4.39 Å². The largest absolute Gasteiger partial charge is 0.310 e. The number of rotatable bonds is 7. The summed E-state index contributed by atoms with van der Waals surface area (Å²) < 4.78 is 14.9. The first-order chi connectivity index (χ1) is 8.60. The Morgan fingerprint density at radius 3 is 2.56 bits per heavy atom. The summed E-state index contributed by atoms with van der Waals surface area (Å²) in [5.74, 6) is 0.318. The van der Waals surface area contributed by atoms with E-state index < -0.39 is 0 Å². The fourth-order valence-electron chi connectivity index (χ4n) is 2.29. The highest BCUT2D eigenvalue weighted by atomic mass is 79.9. The van der Waals surface area contributed by atoms with E-state index in [1.165, 1.54) is 0 Å². The number of halogens is 2. The maximum Gasteiger partial charge on any atom is 0.129 e. The van der Waals surface area contributed by atoms with Gasteiger partial charge in [0.05, 0.1) is 0 Å². The van der Waals surface area contributed by atoms with Crippen molar-refractivity contribution in [3.63, 3.8) is 0 Å². The minimum Gasteiger partial charge on any atom is -0.310 e. The number of hydrogen-bond donors (Lipinski definition) is 1. The van der Waals surface area contributed by atoms with Crippen molar-refractivity contribution in [3.05, 3.63) is 34.1 Å². The third-order valence-corrected chi connectivity index (χ3v) is 3.72. The smallest absolute Gasteiger partial charge is 0.129 e. The van der Waals surface area contributed by atoms with Crippen molar-refractivity contribution < 1.29 is 4.39 Å². The predicted molar refractivity (Wildman–Crippen MR) is 79.2 cm³/mol. The lowest BCUT2D eigenvalue weighted by Crippen LogP contribution is -2.28. The molecule has 1 rings (SSSR count). The summed E-state index contributed by atoms with van der Waals surface area (Å²) in [6, 6.07) is 5.46. The Labute approximate surface area is 118 Å². The minimum atomic E-state index is -0.124. The van der Waals surface area contributed by atoms with Crippen molar-refractivity contribution in [1.29, 1.82) is 0 Å². The molecule has 0 bridgehead atoms. The van der Waals surface area contributed by atoms with Crippen LogP contribution in [0, 0.1) is 11.7 Å². The van der Waals surface area contributed by atoms with E-state index in [2.05, 4.69) is 42.0 Å². The van der Waals surface area contributed by atoms with Gasteiger partial charge in [0.1, 0.15) is 5.82 Å². The third kappa shape index (κ3) is 4.36. The maximum atomic E-state index is 14.1. The van der Waals surface area contributed by atoms with E-state index in [1.54, 1.807) is 6.07 Å². The van der Waals surface area contributed by atoms with Gasteiger partial charge in [-0.3, -0.25) is 0 Å². The van der Waals surface area contributed by atoms with Crippen LogP contribution < -0.4 is 5.32 Å². The van der Waals surface area contributed by atoms with Crippen molar-refractivity contribution in [2.75, 3.05) is 6.54 Å². The van der Waals surface area contributed by atoms with Crippen molar-refractivity contribution in [3.8, 4) is 0 Å². The first-order valence-corrected chi connectivity index (χ1v) is 7.57. The second kappa shape index (κ2) is 7.90. The second-order valence-corrected chi connectivity index (χ2v) is 5.78. The molecule has 0 saturated heterocycles. The van der Waals surface area contributed by atoms with Gasteiger partial charge in [-0.05, 0) is 37.4 Å². The van der Waals surface area contributed by atoms with Gasteiger partial charge in [-0.2, -0.15) is 0 Å². The molecule has 102 valence electrons. The fraction of sp³-hybridized carbons (Fsp3) is 0.600. The van der Waals surface area contributed by atoms with Crippen LogP contribution in [0.1, 0.15) is 51.6 Å². The Balaban J connectivity index is 2.93. The lowest BCUT2D eigenvalue weighted by atomic mass is 9.90. The Hall–Kier alpha value is -0.410. The van der Waals surface area contributed by atoms with E-state index in [0.29, 0.717) is 5.92 Å². The lowest BCUT2D eigenvalue weighted by Gasteiger charge is -2.26. The topological polar surface area (TPSA) is 12.0 Å². The molecule has 1 N–H and O–H groups in total. The fourth-order valence-corrected chi connectivity index (χ4v) is 2.63. The van der Waals surface area contributed by atoms with Crippen LogP contribution in [0.25, 0.3) is 0 Å². The van der Waals surface area contributed by atoms with Crippen LogP contribution in [0.5, 0.6) is 0 Å². The Kier molecular flexibility index (Phi) is 6.87. The van der Waals surface area contributed by atoms with Crippen LogP contribution in [0.2, 0.25) is 0 Å². The van der Waals surface area contributed by atoms with Gasteiger partial charge in [0.25, 0.3) is 0 Å². The molecule has 0 saturated carbocycles. The molecule has 2 atom stereocenters. The van der Waals surface area contributed by atoms with Crippen molar-refractivity contribution in [2.24, 2.45) is 5.92 Å². The summed E-state index contributed by atoms with van der Waals surface area (Å²) >= 11 is 3.31. The van der Waals surface area contributed by atoms with Gasteiger partial charge in [-0.15, -0.1) is 0 Å². The average Bonchev–Trinajstić information content (AvgIpc) is 2.32. The first-order valence-electron chi connectivity index (χ1n) is 6.78. The van der Waals surface area contributed by atoms with Crippen LogP contribution >= 0.6 is 15.9 Å². The van der Waals surface area contributed by atoms with Crippen LogP contribution in [-0.2, 0) is 0 Å².